The summed E-state index contributed by atoms with van der Waals surface area (Å²) in [5.41, 5.74) is 2.52. The maximum Gasteiger partial charge on any atom is 0.206 e. The van der Waals surface area contributed by atoms with Crippen LogP contribution in [-0.4, -0.2) is 6.29 Å². The van der Waals surface area contributed by atoms with Crippen molar-refractivity contribution >= 4 is 6.29 Å². The third-order valence-corrected chi connectivity index (χ3v) is 2.51. The van der Waals surface area contributed by atoms with Gasteiger partial charge in [0.15, 0.2) is 0 Å². The normalized spacial score (nSPS) is 21.5. The predicted octanol–water partition coefficient (Wildman–Crippen LogP) is 2.22. The summed E-state index contributed by atoms with van der Waals surface area (Å²) in [6.07, 6.45) is 5.32. The lowest BCUT2D eigenvalue weighted by Gasteiger charge is -2.19. The van der Waals surface area contributed by atoms with Crippen molar-refractivity contribution in [3.05, 3.63) is 35.4 Å². The van der Waals surface area contributed by atoms with Gasteiger partial charge in [0, 0.05) is 0 Å². The minimum Gasteiger partial charge on any atom is -0.290 e. The van der Waals surface area contributed by atoms with E-state index in [-0.39, 0.29) is 5.92 Å². The van der Waals surface area contributed by atoms with Crippen LogP contribution in [0.1, 0.15) is 29.9 Å². The lowest BCUT2D eigenvalue weighted by atomic mass is 9.84. The quantitative estimate of drug-likeness (QED) is 0.614. The Kier molecular flexibility index (Phi) is 1.94. The zero-order valence-electron chi connectivity index (χ0n) is 6.92. The van der Waals surface area contributed by atoms with E-state index in [0.717, 1.165) is 19.3 Å². The van der Waals surface area contributed by atoms with E-state index in [2.05, 4.69) is 12.4 Å². The molecule has 0 amide bonds. The highest BCUT2D eigenvalue weighted by molar-refractivity contribution is 5.64. The van der Waals surface area contributed by atoms with E-state index in [9.17, 15) is 4.79 Å². The van der Waals surface area contributed by atoms with Crippen LogP contribution in [0.25, 0.3) is 0 Å². The fraction of sp³-hybridized carbons (Fsp3) is 0.364. The van der Waals surface area contributed by atoms with Crippen LogP contribution in [0.2, 0.25) is 0 Å². The minimum absolute atomic E-state index is 0.0370. The number of hydrogen-bond acceptors (Lipinski definition) is 1. The summed E-state index contributed by atoms with van der Waals surface area (Å²) in [5.74, 6) is 0.0370. The highest BCUT2D eigenvalue weighted by atomic mass is 16.1. The first-order valence-corrected chi connectivity index (χ1v) is 4.37. The van der Waals surface area contributed by atoms with Gasteiger partial charge in [0.25, 0.3) is 0 Å². The molecule has 1 heteroatoms. The van der Waals surface area contributed by atoms with Gasteiger partial charge in [-0.15, -0.1) is 0 Å². The number of hydrogen-bond donors (Lipinski definition) is 0. The fourth-order valence-electron chi connectivity index (χ4n) is 1.88. The molecule has 0 unspecified atom stereocenters. The second-order valence-electron chi connectivity index (χ2n) is 3.26. The third-order valence-electron chi connectivity index (χ3n) is 2.51. The summed E-state index contributed by atoms with van der Waals surface area (Å²) < 4.78 is 0. The van der Waals surface area contributed by atoms with Crippen LogP contribution < -0.4 is 0 Å². The van der Waals surface area contributed by atoms with Crippen LogP contribution in [0.15, 0.2) is 24.3 Å². The van der Waals surface area contributed by atoms with Crippen molar-refractivity contribution < 1.29 is 4.79 Å². The Bertz CT molecular complexity index is 291. The van der Waals surface area contributed by atoms with Gasteiger partial charge in [0.1, 0.15) is 0 Å². The average molecular weight is 159 g/mol. The van der Waals surface area contributed by atoms with E-state index in [0.29, 0.717) is 0 Å². The average Bonchev–Trinajstić information content (AvgIpc) is 2.17. The van der Waals surface area contributed by atoms with E-state index in [1.165, 1.54) is 11.1 Å². The topological polar surface area (TPSA) is 17.1 Å². The third kappa shape index (κ3) is 1.15. The molecule has 1 aromatic rings. The fourth-order valence-corrected chi connectivity index (χ4v) is 1.88. The molecule has 12 heavy (non-hydrogen) atoms. The maximum atomic E-state index is 10.6. The molecule has 1 atom stereocenters. The Morgan fingerprint density at radius 3 is 3.00 bits per heavy atom. The summed E-state index contributed by atoms with van der Waals surface area (Å²) in [5, 5.41) is 0. The van der Waals surface area contributed by atoms with Crippen LogP contribution in [0, 0.1) is 0 Å². The van der Waals surface area contributed by atoms with Crippen molar-refractivity contribution in [3.63, 3.8) is 0 Å². The standard InChI is InChI=1S/C11H11O/c12-8-10-6-3-5-9-4-1-2-7-11(9)10/h1-2,4,7,10H,3,5-6H2/t10-/m1/s1. The van der Waals surface area contributed by atoms with Gasteiger partial charge in [-0.2, -0.15) is 0 Å². The summed E-state index contributed by atoms with van der Waals surface area (Å²) in [4.78, 5) is 10.6. The number of aryl methyl sites for hydroxylation is 1. The SMILES string of the molecule is O=[C][C@H]1CCCc2ccccc21. The Hall–Kier alpha value is -1.11. The smallest absolute Gasteiger partial charge is 0.206 e. The molecule has 0 heterocycles. The predicted molar refractivity (Wildman–Crippen MR) is 47.8 cm³/mol. The van der Waals surface area contributed by atoms with Gasteiger partial charge >= 0.3 is 0 Å². The second kappa shape index (κ2) is 3.10. The highest BCUT2D eigenvalue weighted by Gasteiger charge is 2.18. The molecule has 0 saturated carbocycles. The Morgan fingerprint density at radius 2 is 2.17 bits per heavy atom. The molecule has 1 aliphatic rings. The summed E-state index contributed by atoms with van der Waals surface area (Å²) >= 11 is 0. The molecule has 0 spiro atoms. The molecule has 0 aliphatic heterocycles. The van der Waals surface area contributed by atoms with Crippen molar-refractivity contribution in [1.82, 2.24) is 0 Å². The van der Waals surface area contributed by atoms with E-state index in [1.807, 2.05) is 18.2 Å². The van der Waals surface area contributed by atoms with Gasteiger partial charge in [-0.05, 0) is 30.4 Å². The monoisotopic (exact) mass is 159 g/mol. The summed E-state index contributed by atoms with van der Waals surface area (Å²) in [6.45, 7) is 0. The molecule has 61 valence electrons. The van der Waals surface area contributed by atoms with Gasteiger partial charge in [-0.1, -0.05) is 24.3 Å². The number of carbonyl (C=O) groups excluding carboxylic acids is 1. The summed E-state index contributed by atoms with van der Waals surface area (Å²) in [7, 11) is 0. The van der Waals surface area contributed by atoms with Crippen LogP contribution >= 0.6 is 0 Å². The maximum absolute atomic E-state index is 10.6. The zero-order valence-corrected chi connectivity index (χ0v) is 6.92. The minimum atomic E-state index is 0.0370. The van der Waals surface area contributed by atoms with Crippen molar-refractivity contribution in [1.29, 1.82) is 0 Å². The van der Waals surface area contributed by atoms with Crippen LogP contribution in [0.4, 0.5) is 0 Å². The largest absolute Gasteiger partial charge is 0.290 e. The second-order valence-corrected chi connectivity index (χ2v) is 3.26. The van der Waals surface area contributed by atoms with E-state index in [1.54, 1.807) is 0 Å². The summed E-state index contributed by atoms with van der Waals surface area (Å²) in [6, 6.07) is 8.18. The molecule has 0 fully saturated rings. The molecule has 1 aliphatic carbocycles. The number of fused-ring (bicyclic) bond motifs is 1. The first kappa shape index (κ1) is 7.53. The molecule has 0 bridgehead atoms. The van der Waals surface area contributed by atoms with Crippen molar-refractivity contribution in [2.75, 3.05) is 0 Å². The van der Waals surface area contributed by atoms with Crippen molar-refractivity contribution in [2.24, 2.45) is 0 Å². The zero-order chi connectivity index (χ0) is 8.39. The van der Waals surface area contributed by atoms with Gasteiger partial charge in [-0.25, -0.2) is 0 Å². The van der Waals surface area contributed by atoms with Crippen molar-refractivity contribution in [2.45, 2.75) is 25.2 Å². The van der Waals surface area contributed by atoms with Gasteiger partial charge in [0.2, 0.25) is 6.29 Å². The molecule has 1 radical (unpaired) electrons. The lowest BCUT2D eigenvalue weighted by Crippen LogP contribution is -2.10. The Balaban J connectivity index is 2.43. The number of benzene rings is 1. The van der Waals surface area contributed by atoms with Gasteiger partial charge in [-0.3, -0.25) is 4.79 Å². The molecule has 1 nitrogen and oxygen atoms in total. The van der Waals surface area contributed by atoms with Crippen LogP contribution in [0.3, 0.4) is 0 Å². The first-order chi connectivity index (χ1) is 5.92. The molecule has 2 rings (SSSR count). The molecule has 0 N–H and O–H groups in total. The molecule has 0 saturated heterocycles. The van der Waals surface area contributed by atoms with Crippen LogP contribution in [-0.2, 0) is 11.2 Å². The van der Waals surface area contributed by atoms with Gasteiger partial charge < -0.3 is 0 Å². The molecular weight excluding hydrogens is 148 g/mol. The van der Waals surface area contributed by atoms with E-state index < -0.39 is 0 Å². The van der Waals surface area contributed by atoms with Crippen molar-refractivity contribution in [3.8, 4) is 0 Å². The van der Waals surface area contributed by atoms with E-state index in [4.69, 9.17) is 0 Å². The van der Waals surface area contributed by atoms with E-state index >= 15 is 0 Å². The Labute approximate surface area is 72.4 Å². The molecule has 1 aromatic carbocycles. The molecular formula is C11H11O. The first-order valence-electron chi connectivity index (χ1n) is 4.37. The molecule has 0 aromatic heterocycles. The van der Waals surface area contributed by atoms with Gasteiger partial charge in [0.05, 0.1) is 5.92 Å². The van der Waals surface area contributed by atoms with Crippen LogP contribution in [0.5, 0.6) is 0 Å². The Morgan fingerprint density at radius 1 is 1.33 bits per heavy atom. The highest BCUT2D eigenvalue weighted by Crippen LogP contribution is 2.29. The lowest BCUT2D eigenvalue weighted by molar-refractivity contribution is 0.526. The number of rotatable bonds is 1.